The fourth-order valence-corrected chi connectivity index (χ4v) is 4.98. The van der Waals surface area contributed by atoms with Crippen LogP contribution in [0, 0.1) is 25.2 Å². The van der Waals surface area contributed by atoms with E-state index in [2.05, 4.69) is 19.9 Å². The van der Waals surface area contributed by atoms with Crippen LogP contribution in [0.1, 0.15) is 42.1 Å². The summed E-state index contributed by atoms with van der Waals surface area (Å²) in [7, 11) is 1.67. The van der Waals surface area contributed by atoms with Crippen molar-refractivity contribution in [2.45, 2.75) is 40.2 Å². The van der Waals surface area contributed by atoms with Gasteiger partial charge in [0.2, 0.25) is 0 Å². The van der Waals surface area contributed by atoms with Gasteiger partial charge >= 0.3 is 0 Å². The highest BCUT2D eigenvalue weighted by Crippen LogP contribution is 2.34. The fourth-order valence-electron chi connectivity index (χ4n) is 4.98. The van der Waals surface area contributed by atoms with Gasteiger partial charge in [-0.15, -0.1) is 0 Å². The lowest BCUT2D eigenvalue weighted by Crippen LogP contribution is -2.21. The maximum Gasteiger partial charge on any atom is 0.282 e. The predicted molar refractivity (Wildman–Crippen MR) is 152 cm³/mol. The molecule has 0 aliphatic heterocycles. The second-order valence-electron chi connectivity index (χ2n) is 9.64. The predicted octanol–water partition coefficient (Wildman–Crippen LogP) is 6.17. The molecule has 0 aliphatic rings. The number of hydrogen-bond donors (Lipinski definition) is 0. The molecule has 5 rings (SSSR count). The molecule has 0 saturated carbocycles. The van der Waals surface area contributed by atoms with Gasteiger partial charge in [0.05, 0.1) is 30.3 Å². The Balaban J connectivity index is 1.79. The Morgan fingerprint density at radius 2 is 1.79 bits per heavy atom. The summed E-state index contributed by atoms with van der Waals surface area (Å²) in [6.07, 6.45) is 1.70. The van der Waals surface area contributed by atoms with Crippen LogP contribution in [0.2, 0.25) is 0 Å². The van der Waals surface area contributed by atoms with E-state index in [9.17, 15) is 10.1 Å². The summed E-state index contributed by atoms with van der Waals surface area (Å²) in [6, 6.07) is 21.5. The van der Waals surface area contributed by atoms with Gasteiger partial charge in [-0.1, -0.05) is 44.2 Å². The second-order valence-corrected chi connectivity index (χ2v) is 9.64. The standard InChI is InChI=1S/C31H29N5O2/c1-19(2)24-17-25(20(3)16-29(24)38-5)30-34-27-12-8-6-11-23(27)31(37)36(30)33-18-26-21(4)35(15-14-32)28-13-9-7-10-22(26)28/h6-13,16-19H,15H2,1-5H3. The van der Waals surface area contributed by atoms with Crippen molar-refractivity contribution in [3.63, 3.8) is 0 Å². The van der Waals surface area contributed by atoms with Crippen LogP contribution in [0.25, 0.3) is 33.2 Å². The summed E-state index contributed by atoms with van der Waals surface area (Å²) in [5, 5.41) is 15.6. The number of methoxy groups -OCH3 is 1. The quantitative estimate of drug-likeness (QED) is 0.259. The zero-order chi connectivity index (χ0) is 27.0. The zero-order valence-electron chi connectivity index (χ0n) is 22.2. The molecule has 3 aromatic carbocycles. The van der Waals surface area contributed by atoms with E-state index in [1.54, 1.807) is 19.4 Å². The second kappa shape index (κ2) is 9.98. The summed E-state index contributed by atoms with van der Waals surface area (Å²) < 4.78 is 8.99. The third-order valence-electron chi connectivity index (χ3n) is 7.00. The molecule has 38 heavy (non-hydrogen) atoms. The third kappa shape index (κ3) is 4.14. The molecule has 2 heterocycles. The Hall–Kier alpha value is -4.70. The Bertz CT molecular complexity index is 1820. The normalized spacial score (nSPS) is 11.6. The van der Waals surface area contributed by atoms with Gasteiger partial charge in [0.1, 0.15) is 12.3 Å². The lowest BCUT2D eigenvalue weighted by Gasteiger charge is -2.17. The number of fused-ring (bicyclic) bond motifs is 2. The van der Waals surface area contributed by atoms with Crippen LogP contribution in [-0.4, -0.2) is 27.6 Å². The Kier molecular flexibility index (Phi) is 6.56. The smallest absolute Gasteiger partial charge is 0.282 e. The molecular weight excluding hydrogens is 474 g/mol. The van der Waals surface area contributed by atoms with E-state index in [4.69, 9.17) is 14.8 Å². The van der Waals surface area contributed by atoms with E-state index >= 15 is 0 Å². The van der Waals surface area contributed by atoms with Crippen molar-refractivity contribution < 1.29 is 4.74 Å². The minimum atomic E-state index is -0.249. The summed E-state index contributed by atoms with van der Waals surface area (Å²) in [5.41, 5.74) is 5.85. The molecule has 0 radical (unpaired) electrons. The molecule has 0 spiro atoms. The van der Waals surface area contributed by atoms with E-state index in [1.165, 1.54) is 4.68 Å². The molecule has 0 N–H and O–H groups in total. The number of ether oxygens (including phenoxy) is 1. The molecule has 2 aromatic heterocycles. The number of aryl methyl sites for hydroxylation is 1. The minimum Gasteiger partial charge on any atom is -0.496 e. The van der Waals surface area contributed by atoms with Crippen LogP contribution in [0.5, 0.6) is 5.75 Å². The fraction of sp³-hybridized carbons (Fsp3) is 0.226. The van der Waals surface area contributed by atoms with Crippen molar-refractivity contribution in [3.05, 3.63) is 93.4 Å². The highest BCUT2D eigenvalue weighted by Gasteiger charge is 2.19. The number of benzene rings is 3. The molecule has 190 valence electrons. The van der Waals surface area contributed by atoms with Gasteiger partial charge in [-0.2, -0.15) is 15.0 Å². The molecule has 0 fully saturated rings. The number of aromatic nitrogens is 3. The van der Waals surface area contributed by atoms with Crippen molar-refractivity contribution in [3.8, 4) is 23.2 Å². The Morgan fingerprint density at radius 3 is 2.50 bits per heavy atom. The molecule has 0 aliphatic carbocycles. The molecule has 7 heteroatoms. The topological polar surface area (TPSA) is 85.2 Å². The van der Waals surface area contributed by atoms with Gasteiger partial charge in [-0.05, 0) is 61.2 Å². The first-order valence-electron chi connectivity index (χ1n) is 12.6. The number of hydrogen-bond acceptors (Lipinski definition) is 5. The number of para-hydroxylation sites is 2. The maximum atomic E-state index is 13.8. The minimum absolute atomic E-state index is 0.211. The van der Waals surface area contributed by atoms with Crippen molar-refractivity contribution in [1.82, 2.24) is 14.2 Å². The summed E-state index contributed by atoms with van der Waals surface area (Å²) in [5.74, 6) is 1.48. The number of nitriles is 1. The van der Waals surface area contributed by atoms with Crippen LogP contribution >= 0.6 is 0 Å². The highest BCUT2D eigenvalue weighted by atomic mass is 16.5. The van der Waals surface area contributed by atoms with Gasteiger partial charge in [-0.25, -0.2) is 4.98 Å². The zero-order valence-corrected chi connectivity index (χ0v) is 22.2. The summed E-state index contributed by atoms with van der Waals surface area (Å²) in [4.78, 5) is 18.7. The van der Waals surface area contributed by atoms with E-state index in [0.717, 1.165) is 44.6 Å². The first-order chi connectivity index (χ1) is 18.3. The van der Waals surface area contributed by atoms with Gasteiger partial charge in [-0.3, -0.25) is 4.79 Å². The number of nitrogens with zero attached hydrogens (tertiary/aromatic N) is 5. The van der Waals surface area contributed by atoms with Crippen molar-refractivity contribution >= 4 is 28.0 Å². The molecule has 0 amide bonds. The van der Waals surface area contributed by atoms with Gasteiger partial charge in [0, 0.05) is 27.7 Å². The van der Waals surface area contributed by atoms with Crippen molar-refractivity contribution in [1.29, 1.82) is 5.26 Å². The van der Waals surface area contributed by atoms with Crippen LogP contribution < -0.4 is 10.3 Å². The third-order valence-corrected chi connectivity index (χ3v) is 7.00. The van der Waals surface area contributed by atoms with Gasteiger partial charge < -0.3 is 9.30 Å². The average molecular weight is 504 g/mol. The molecule has 0 atom stereocenters. The Morgan fingerprint density at radius 1 is 1.08 bits per heavy atom. The van der Waals surface area contributed by atoms with E-state index in [-0.39, 0.29) is 18.0 Å². The Labute approximate surface area is 221 Å². The molecule has 5 aromatic rings. The lowest BCUT2D eigenvalue weighted by atomic mass is 9.96. The van der Waals surface area contributed by atoms with E-state index in [0.29, 0.717) is 16.7 Å². The van der Waals surface area contributed by atoms with Gasteiger partial charge in [0.15, 0.2) is 5.82 Å². The highest BCUT2D eigenvalue weighted by molar-refractivity contribution is 6.01. The van der Waals surface area contributed by atoms with Crippen molar-refractivity contribution in [2.75, 3.05) is 7.11 Å². The maximum absolute atomic E-state index is 13.8. The number of rotatable bonds is 6. The van der Waals surface area contributed by atoms with E-state index < -0.39 is 0 Å². The monoisotopic (exact) mass is 503 g/mol. The van der Waals surface area contributed by atoms with Crippen LogP contribution in [0.3, 0.4) is 0 Å². The molecule has 7 nitrogen and oxygen atoms in total. The van der Waals surface area contributed by atoms with Crippen LogP contribution in [0.15, 0.2) is 70.6 Å². The van der Waals surface area contributed by atoms with Gasteiger partial charge in [0.25, 0.3) is 5.56 Å². The van der Waals surface area contributed by atoms with E-state index in [1.807, 2.05) is 73.0 Å². The first kappa shape index (κ1) is 25.0. The first-order valence-corrected chi connectivity index (χ1v) is 12.6. The molecular formula is C31H29N5O2. The van der Waals surface area contributed by atoms with Crippen molar-refractivity contribution in [2.24, 2.45) is 5.10 Å². The SMILES string of the molecule is COc1cc(C)c(-c2nc3ccccc3c(=O)n2N=Cc2c(C)n(CC#N)c3ccccc23)cc1C(C)C. The largest absolute Gasteiger partial charge is 0.496 e. The average Bonchev–Trinajstić information content (AvgIpc) is 3.18. The molecule has 0 saturated heterocycles. The lowest BCUT2D eigenvalue weighted by molar-refractivity contribution is 0.407. The van der Waals surface area contributed by atoms with Crippen LogP contribution in [-0.2, 0) is 6.54 Å². The summed E-state index contributed by atoms with van der Waals surface area (Å²) >= 11 is 0. The molecule has 0 bridgehead atoms. The van der Waals surface area contributed by atoms with Crippen LogP contribution in [0.4, 0.5) is 0 Å². The molecule has 0 unspecified atom stereocenters. The summed E-state index contributed by atoms with van der Waals surface area (Å²) in [6.45, 7) is 8.39.